The Morgan fingerprint density at radius 2 is 1.68 bits per heavy atom. The molecule has 1 aromatic heterocycles. The fraction of sp³-hybridized carbons (Fsp3) is 0.875. The molecule has 6 rings (SSSR count). The molecule has 2 N–H and O–H groups in total. The molecule has 4 aliphatic carbocycles. The summed E-state index contributed by atoms with van der Waals surface area (Å²) < 4.78 is 5.55. The van der Waals surface area contributed by atoms with E-state index in [2.05, 4.69) is 10.5 Å². The molecule has 5 aliphatic rings. The highest BCUT2D eigenvalue weighted by Gasteiger charge is 2.54. The monoisotopic (exact) mass is 325 g/mol. The first kappa shape index (κ1) is 14.9. The number of rotatable bonds is 2. The van der Waals surface area contributed by atoms with Crippen molar-refractivity contribution in [1.82, 2.24) is 15.5 Å². The van der Waals surface area contributed by atoms with Gasteiger partial charge in [-0.15, -0.1) is 12.4 Å². The van der Waals surface area contributed by atoms with Crippen LogP contribution in [-0.2, 0) is 5.41 Å². The highest BCUT2D eigenvalue weighted by molar-refractivity contribution is 5.85. The summed E-state index contributed by atoms with van der Waals surface area (Å²) in [6, 6.07) is 0.0372. The number of halogens is 1. The van der Waals surface area contributed by atoms with Gasteiger partial charge >= 0.3 is 0 Å². The third kappa shape index (κ3) is 2.21. The van der Waals surface area contributed by atoms with Crippen molar-refractivity contribution in [1.29, 1.82) is 0 Å². The van der Waals surface area contributed by atoms with E-state index in [-0.39, 0.29) is 30.0 Å². The highest BCUT2D eigenvalue weighted by Crippen LogP contribution is 2.60. The van der Waals surface area contributed by atoms with Crippen LogP contribution in [0.25, 0.3) is 0 Å². The number of aliphatic hydroxyl groups excluding tert-OH is 1. The van der Waals surface area contributed by atoms with E-state index in [1.165, 1.54) is 38.5 Å². The number of hydrogen-bond donors (Lipinski definition) is 2. The van der Waals surface area contributed by atoms with Crippen LogP contribution in [0.3, 0.4) is 0 Å². The average molecular weight is 326 g/mol. The zero-order valence-electron chi connectivity index (χ0n) is 12.7. The molecule has 4 saturated carbocycles. The number of aromatic nitrogens is 2. The van der Waals surface area contributed by atoms with Crippen molar-refractivity contribution in [3.63, 3.8) is 0 Å². The smallest absolute Gasteiger partial charge is 0.243 e. The van der Waals surface area contributed by atoms with E-state index in [1.54, 1.807) is 0 Å². The number of β-amino-alcohol motifs (C(OH)–C–C–N with tert-alkyl or cyclic N) is 1. The Kier molecular flexibility index (Phi) is 3.51. The van der Waals surface area contributed by atoms with Gasteiger partial charge < -0.3 is 14.9 Å². The molecule has 0 aromatic carbocycles. The van der Waals surface area contributed by atoms with Crippen LogP contribution in [0.2, 0.25) is 0 Å². The summed E-state index contributed by atoms with van der Waals surface area (Å²) in [5.41, 5.74) is 0.202. The summed E-state index contributed by atoms with van der Waals surface area (Å²) in [7, 11) is 0. The summed E-state index contributed by atoms with van der Waals surface area (Å²) in [6.07, 6.45) is 8.48. The quantitative estimate of drug-likeness (QED) is 0.873. The standard InChI is InChI=1S/C16H23N3O2.ClH/c20-12-4-13(17-8-12)14-18-15(19-21-14)16-5-9-1-10(6-16)3-11(2-9)7-16;/h9-13,17,20H,1-8H2;1H/t9?,10?,11?,12-,13+,16?;/m0./s1. The van der Waals surface area contributed by atoms with Crippen LogP contribution in [0, 0.1) is 17.8 Å². The maximum absolute atomic E-state index is 9.65. The van der Waals surface area contributed by atoms with Gasteiger partial charge in [-0.3, -0.25) is 0 Å². The van der Waals surface area contributed by atoms with Crippen LogP contribution in [0.4, 0.5) is 0 Å². The van der Waals surface area contributed by atoms with E-state index in [4.69, 9.17) is 9.51 Å². The van der Waals surface area contributed by atoms with Gasteiger partial charge in [0.1, 0.15) is 0 Å². The maximum atomic E-state index is 9.65. The normalized spacial score (nSPS) is 46.0. The second-order valence-electron chi connectivity index (χ2n) is 8.00. The number of nitrogens with one attached hydrogen (secondary N) is 1. The second kappa shape index (κ2) is 5.18. The molecule has 4 bridgehead atoms. The van der Waals surface area contributed by atoms with E-state index in [9.17, 15) is 5.11 Å². The first-order valence-electron chi connectivity index (χ1n) is 8.46. The fourth-order valence-corrected chi connectivity index (χ4v) is 5.88. The van der Waals surface area contributed by atoms with Gasteiger partial charge in [0.15, 0.2) is 5.82 Å². The molecule has 0 unspecified atom stereocenters. The van der Waals surface area contributed by atoms with Gasteiger partial charge in [-0.2, -0.15) is 4.98 Å². The molecule has 2 heterocycles. The van der Waals surface area contributed by atoms with Gasteiger partial charge in [0.25, 0.3) is 0 Å². The molecule has 0 radical (unpaired) electrons. The predicted octanol–water partition coefficient (Wildman–Crippen LogP) is 2.35. The van der Waals surface area contributed by atoms with Gasteiger partial charge in [-0.05, 0) is 62.7 Å². The zero-order valence-corrected chi connectivity index (χ0v) is 13.5. The molecule has 6 heteroatoms. The summed E-state index contributed by atoms with van der Waals surface area (Å²) in [5, 5.41) is 17.3. The van der Waals surface area contributed by atoms with Crippen LogP contribution < -0.4 is 5.32 Å². The molecule has 22 heavy (non-hydrogen) atoms. The lowest BCUT2D eigenvalue weighted by molar-refractivity contribution is -0.0103. The lowest BCUT2D eigenvalue weighted by atomic mass is 9.49. The summed E-state index contributed by atoms with van der Waals surface area (Å²) in [5.74, 6) is 4.32. The van der Waals surface area contributed by atoms with E-state index in [1.807, 2.05) is 0 Å². The molecule has 5 nitrogen and oxygen atoms in total. The summed E-state index contributed by atoms with van der Waals surface area (Å²) in [6.45, 7) is 0.625. The molecule has 1 aliphatic heterocycles. The van der Waals surface area contributed by atoms with Crippen LogP contribution >= 0.6 is 12.4 Å². The van der Waals surface area contributed by atoms with E-state index < -0.39 is 0 Å². The minimum Gasteiger partial charge on any atom is -0.392 e. The lowest BCUT2D eigenvalue weighted by Crippen LogP contribution is -2.49. The molecule has 122 valence electrons. The Morgan fingerprint density at radius 1 is 1.05 bits per heavy atom. The van der Waals surface area contributed by atoms with Crippen LogP contribution in [0.15, 0.2) is 4.52 Å². The summed E-state index contributed by atoms with van der Waals surface area (Å²) in [4.78, 5) is 4.77. The van der Waals surface area contributed by atoms with Crippen molar-refractivity contribution >= 4 is 12.4 Å². The minimum absolute atomic E-state index is 0. The number of aliphatic hydroxyl groups is 1. The fourth-order valence-electron chi connectivity index (χ4n) is 5.88. The second-order valence-corrected chi connectivity index (χ2v) is 8.00. The number of hydrogen-bond acceptors (Lipinski definition) is 5. The Bertz CT molecular complexity index is 526. The Morgan fingerprint density at radius 3 is 2.23 bits per heavy atom. The average Bonchev–Trinajstić information content (AvgIpc) is 3.05. The number of nitrogens with zero attached hydrogens (tertiary/aromatic N) is 2. The van der Waals surface area contributed by atoms with Gasteiger partial charge in [0, 0.05) is 12.0 Å². The van der Waals surface area contributed by atoms with Gasteiger partial charge in [-0.1, -0.05) is 5.16 Å². The molecule has 1 saturated heterocycles. The molecule has 1 aromatic rings. The van der Waals surface area contributed by atoms with E-state index in [0.29, 0.717) is 18.9 Å². The molecule has 0 amide bonds. The van der Waals surface area contributed by atoms with E-state index in [0.717, 1.165) is 23.6 Å². The van der Waals surface area contributed by atoms with Crippen molar-refractivity contribution in [2.45, 2.75) is 62.5 Å². The van der Waals surface area contributed by atoms with Crippen molar-refractivity contribution in [3.05, 3.63) is 11.7 Å². The van der Waals surface area contributed by atoms with Crippen molar-refractivity contribution in [2.75, 3.05) is 6.54 Å². The molecule has 2 atom stereocenters. The molecular weight excluding hydrogens is 302 g/mol. The third-order valence-corrected chi connectivity index (χ3v) is 6.36. The molecular formula is C16H24ClN3O2. The van der Waals surface area contributed by atoms with Crippen molar-refractivity contribution in [3.8, 4) is 0 Å². The SMILES string of the molecule is Cl.O[C@@H]1CN[C@@H](c2nc(C34CC5CC(CC(C5)C3)C4)no2)C1. The predicted molar refractivity (Wildman–Crippen MR) is 82.8 cm³/mol. The van der Waals surface area contributed by atoms with Crippen molar-refractivity contribution in [2.24, 2.45) is 17.8 Å². The Hall–Kier alpha value is -0.650. The summed E-state index contributed by atoms with van der Waals surface area (Å²) >= 11 is 0. The van der Waals surface area contributed by atoms with Crippen LogP contribution in [0.1, 0.15) is 62.7 Å². The molecule has 0 spiro atoms. The first-order valence-corrected chi connectivity index (χ1v) is 8.46. The lowest BCUT2D eigenvalue weighted by Gasteiger charge is -2.55. The van der Waals surface area contributed by atoms with Gasteiger partial charge in [0.2, 0.25) is 5.89 Å². The zero-order chi connectivity index (χ0) is 14.0. The Balaban J connectivity index is 0.00000125. The topological polar surface area (TPSA) is 71.2 Å². The Labute approximate surface area is 136 Å². The van der Waals surface area contributed by atoms with Crippen LogP contribution in [0.5, 0.6) is 0 Å². The maximum Gasteiger partial charge on any atom is 0.243 e. The largest absolute Gasteiger partial charge is 0.392 e. The molecule has 5 fully saturated rings. The van der Waals surface area contributed by atoms with E-state index >= 15 is 0 Å². The van der Waals surface area contributed by atoms with Crippen LogP contribution in [-0.4, -0.2) is 27.9 Å². The highest BCUT2D eigenvalue weighted by atomic mass is 35.5. The van der Waals surface area contributed by atoms with Gasteiger partial charge in [-0.25, -0.2) is 0 Å². The van der Waals surface area contributed by atoms with Crippen molar-refractivity contribution < 1.29 is 9.63 Å². The third-order valence-electron chi connectivity index (χ3n) is 6.36. The first-order chi connectivity index (χ1) is 10.2. The van der Waals surface area contributed by atoms with Gasteiger partial charge in [0.05, 0.1) is 12.1 Å². The minimum atomic E-state index is -0.287.